The lowest BCUT2D eigenvalue weighted by Gasteiger charge is -2.40. The van der Waals surface area contributed by atoms with E-state index in [1.807, 2.05) is 0 Å². The van der Waals surface area contributed by atoms with Crippen molar-refractivity contribution < 1.29 is 75.2 Å². The molecule has 254 valence electrons. The zero-order chi connectivity index (χ0) is 34.5. The summed E-state index contributed by atoms with van der Waals surface area (Å²) in [5.41, 5.74) is -1.07. The lowest BCUT2D eigenvalue weighted by Crippen LogP contribution is -2.60. The second-order valence-corrected chi connectivity index (χ2v) is 12.0. The average Bonchev–Trinajstić information content (AvgIpc) is 2.99. The first-order chi connectivity index (χ1) is 22.1. The van der Waals surface area contributed by atoms with Gasteiger partial charge in [-0.3, -0.25) is 4.79 Å². The molecular formula is C32H36O15. The molecule has 0 bridgehead atoms. The van der Waals surface area contributed by atoms with Crippen molar-refractivity contribution in [2.45, 2.75) is 69.1 Å². The second kappa shape index (κ2) is 12.9. The molecule has 0 saturated carbocycles. The summed E-state index contributed by atoms with van der Waals surface area (Å²) >= 11 is 0. The van der Waals surface area contributed by atoms with E-state index in [4.69, 9.17) is 14.2 Å². The van der Waals surface area contributed by atoms with Gasteiger partial charge in [0.25, 0.3) is 0 Å². The second-order valence-electron chi connectivity index (χ2n) is 12.0. The van der Waals surface area contributed by atoms with Crippen LogP contribution in [0, 0.1) is 5.92 Å². The van der Waals surface area contributed by atoms with Crippen molar-refractivity contribution in [2.24, 2.45) is 5.92 Å². The molecule has 2 aliphatic heterocycles. The summed E-state index contributed by atoms with van der Waals surface area (Å²) in [6, 6.07) is 6.49. The van der Waals surface area contributed by atoms with Crippen molar-refractivity contribution in [1.29, 1.82) is 0 Å². The number of phenolic OH excluding ortho intramolecular Hbond substituents is 6. The summed E-state index contributed by atoms with van der Waals surface area (Å²) in [7, 11) is 0. The molecule has 2 aliphatic rings. The van der Waals surface area contributed by atoms with Gasteiger partial charge in [-0.1, -0.05) is 19.9 Å². The SMILES string of the molecule is CC(C)CC(=O)c1c(O[C@@H]2O[C@H](CO)[C@@H](O)[C@H](O)[C@H]2O)cc(O)c([C@@H]2c3c(O)cc(O)cc3O[C@@H](c3ccc(O)c(O)c3)[C@H]2O)c1O. The van der Waals surface area contributed by atoms with Crippen molar-refractivity contribution in [1.82, 2.24) is 0 Å². The van der Waals surface area contributed by atoms with E-state index in [0.29, 0.717) is 0 Å². The summed E-state index contributed by atoms with van der Waals surface area (Å²) in [5, 5.41) is 116. The quantitative estimate of drug-likeness (QED) is 0.119. The Balaban J connectivity index is 1.69. The van der Waals surface area contributed by atoms with Crippen LogP contribution < -0.4 is 9.47 Å². The highest BCUT2D eigenvalue weighted by Gasteiger charge is 2.47. The number of fused-ring (bicyclic) bond motifs is 1. The predicted octanol–water partition coefficient (Wildman–Crippen LogP) is 0.954. The van der Waals surface area contributed by atoms with Crippen LogP contribution in [0.2, 0.25) is 0 Å². The Morgan fingerprint density at radius 1 is 0.809 bits per heavy atom. The molecule has 47 heavy (non-hydrogen) atoms. The fourth-order valence-corrected chi connectivity index (χ4v) is 5.94. The Hall–Kier alpha value is -4.51. The van der Waals surface area contributed by atoms with E-state index in [1.165, 1.54) is 6.07 Å². The normalized spacial score (nSPS) is 27.2. The number of Topliss-reactive ketones (excluding diaryl/α,β-unsaturated/α-hetero) is 1. The summed E-state index contributed by atoms with van der Waals surface area (Å²) < 4.78 is 17.0. The average molecular weight is 661 g/mol. The van der Waals surface area contributed by atoms with E-state index in [2.05, 4.69) is 0 Å². The molecule has 15 heteroatoms. The summed E-state index contributed by atoms with van der Waals surface area (Å²) in [6.45, 7) is 2.66. The van der Waals surface area contributed by atoms with E-state index in [0.717, 1.165) is 30.3 Å². The Bertz CT molecular complexity index is 1650. The number of ketones is 1. The molecule has 0 aliphatic carbocycles. The van der Waals surface area contributed by atoms with Crippen LogP contribution in [0.15, 0.2) is 36.4 Å². The minimum absolute atomic E-state index is 0.115. The highest BCUT2D eigenvalue weighted by Crippen LogP contribution is 2.55. The van der Waals surface area contributed by atoms with Crippen molar-refractivity contribution in [3.8, 4) is 46.0 Å². The number of benzene rings is 3. The highest BCUT2D eigenvalue weighted by atomic mass is 16.7. The number of carbonyl (C=O) groups is 1. The molecule has 0 unspecified atom stereocenters. The van der Waals surface area contributed by atoms with Crippen molar-refractivity contribution in [3.63, 3.8) is 0 Å². The van der Waals surface area contributed by atoms with E-state index in [1.54, 1.807) is 13.8 Å². The van der Waals surface area contributed by atoms with E-state index in [-0.39, 0.29) is 29.2 Å². The van der Waals surface area contributed by atoms with E-state index in [9.17, 15) is 61.0 Å². The molecule has 5 rings (SSSR count). The monoisotopic (exact) mass is 660 g/mol. The Morgan fingerprint density at radius 2 is 1.49 bits per heavy atom. The number of hydrogen-bond donors (Lipinski definition) is 11. The molecular weight excluding hydrogens is 624 g/mol. The molecule has 0 radical (unpaired) electrons. The van der Waals surface area contributed by atoms with Crippen molar-refractivity contribution in [3.05, 3.63) is 58.7 Å². The Kier molecular flexibility index (Phi) is 9.32. The highest BCUT2D eigenvalue weighted by molar-refractivity contribution is 6.02. The Morgan fingerprint density at radius 3 is 2.13 bits per heavy atom. The smallest absolute Gasteiger partial charge is 0.229 e. The van der Waals surface area contributed by atoms with Gasteiger partial charge in [0.2, 0.25) is 6.29 Å². The zero-order valence-corrected chi connectivity index (χ0v) is 25.1. The van der Waals surface area contributed by atoms with Gasteiger partial charge in [-0.25, -0.2) is 0 Å². The number of carbonyl (C=O) groups excluding carboxylic acids is 1. The van der Waals surface area contributed by atoms with Gasteiger partial charge in [0.05, 0.1) is 12.5 Å². The molecule has 8 atom stereocenters. The van der Waals surface area contributed by atoms with Crippen LogP contribution in [0.4, 0.5) is 0 Å². The third kappa shape index (κ3) is 6.16. The molecule has 11 N–H and O–H groups in total. The largest absolute Gasteiger partial charge is 0.508 e. The number of rotatable bonds is 8. The van der Waals surface area contributed by atoms with Crippen LogP contribution >= 0.6 is 0 Å². The molecule has 2 heterocycles. The van der Waals surface area contributed by atoms with Crippen LogP contribution in [-0.2, 0) is 4.74 Å². The van der Waals surface area contributed by atoms with E-state index >= 15 is 0 Å². The van der Waals surface area contributed by atoms with Crippen LogP contribution in [0.25, 0.3) is 0 Å². The number of aliphatic hydroxyl groups is 5. The van der Waals surface area contributed by atoms with E-state index < -0.39 is 113 Å². The summed E-state index contributed by atoms with van der Waals surface area (Å²) in [4.78, 5) is 13.6. The first kappa shape index (κ1) is 33.8. The molecule has 15 nitrogen and oxygen atoms in total. The minimum atomic E-state index is -1.90. The number of aromatic hydroxyl groups is 6. The molecule has 3 aromatic rings. The third-order valence-corrected chi connectivity index (χ3v) is 8.21. The molecule has 0 spiro atoms. The van der Waals surface area contributed by atoms with Crippen LogP contribution in [0.1, 0.15) is 59.3 Å². The van der Waals surface area contributed by atoms with Gasteiger partial charge in [0.15, 0.2) is 23.4 Å². The van der Waals surface area contributed by atoms with Crippen molar-refractivity contribution >= 4 is 5.78 Å². The van der Waals surface area contributed by atoms with Gasteiger partial charge in [-0.15, -0.1) is 0 Å². The standard InChI is InChI=1S/C32H36O15/c1-11(2)5-16(37)23-20(46-32-30(44)29(43)26(40)21(10-33)47-32)9-18(39)24(27(23)41)25-22-17(38)7-13(34)8-19(22)45-31(28(25)42)12-3-4-14(35)15(36)6-12/h3-4,6-9,11,21,25-26,28-36,38-44H,5,10H2,1-2H3/t21-,25+,26-,28+,29+,30-,31+,32-/m1/s1. The lowest BCUT2D eigenvalue weighted by atomic mass is 9.78. The first-order valence-electron chi connectivity index (χ1n) is 14.7. The molecule has 0 amide bonds. The van der Waals surface area contributed by atoms with Gasteiger partial charge < -0.3 is 70.4 Å². The molecule has 3 aromatic carbocycles. The van der Waals surface area contributed by atoms with Crippen LogP contribution in [0.3, 0.4) is 0 Å². The fourth-order valence-electron chi connectivity index (χ4n) is 5.94. The number of ether oxygens (including phenoxy) is 3. The molecule has 1 fully saturated rings. The molecule has 1 saturated heterocycles. The summed E-state index contributed by atoms with van der Waals surface area (Å²) in [5.74, 6) is -6.98. The van der Waals surface area contributed by atoms with Crippen LogP contribution in [0.5, 0.6) is 46.0 Å². The van der Waals surface area contributed by atoms with Gasteiger partial charge in [-0.05, 0) is 23.6 Å². The van der Waals surface area contributed by atoms with Gasteiger partial charge in [0.1, 0.15) is 70.6 Å². The lowest BCUT2D eigenvalue weighted by molar-refractivity contribution is -0.277. The first-order valence-corrected chi connectivity index (χ1v) is 14.7. The number of hydrogen-bond acceptors (Lipinski definition) is 15. The van der Waals surface area contributed by atoms with Crippen LogP contribution in [-0.4, -0.2) is 105 Å². The predicted molar refractivity (Wildman–Crippen MR) is 159 cm³/mol. The van der Waals surface area contributed by atoms with Gasteiger partial charge >= 0.3 is 0 Å². The fraction of sp³-hybridized carbons (Fsp3) is 0.406. The van der Waals surface area contributed by atoms with Gasteiger partial charge in [-0.2, -0.15) is 0 Å². The maximum atomic E-state index is 13.6. The number of aliphatic hydroxyl groups excluding tert-OH is 5. The third-order valence-electron chi connectivity index (χ3n) is 8.21. The number of phenols is 6. The van der Waals surface area contributed by atoms with Gasteiger partial charge in [0, 0.05) is 35.7 Å². The van der Waals surface area contributed by atoms with Crippen molar-refractivity contribution in [2.75, 3.05) is 6.61 Å². The summed E-state index contributed by atoms with van der Waals surface area (Å²) in [6.07, 6.45) is -11.9. The zero-order valence-electron chi connectivity index (χ0n) is 25.1. The minimum Gasteiger partial charge on any atom is -0.508 e. The maximum Gasteiger partial charge on any atom is 0.229 e. The topological polar surface area (TPSA) is 267 Å². The maximum absolute atomic E-state index is 13.6. The Labute approximate surface area is 267 Å². The molecule has 0 aromatic heterocycles.